The molecule has 94 valence electrons. The summed E-state index contributed by atoms with van der Waals surface area (Å²) in [6.45, 7) is 10.5. The van der Waals surface area contributed by atoms with Crippen LogP contribution in [0.1, 0.15) is 47.5 Å². The molecule has 3 heteroatoms. The number of epoxide rings is 1. The lowest BCUT2D eigenvalue weighted by molar-refractivity contribution is -0.146. The monoisotopic (exact) mass is 228 g/mol. The van der Waals surface area contributed by atoms with E-state index in [2.05, 4.69) is 27.7 Å². The smallest absolute Gasteiger partial charge is 0.340 e. The zero-order chi connectivity index (χ0) is 12.6. The number of methoxy groups -OCH3 is 1. The summed E-state index contributed by atoms with van der Waals surface area (Å²) in [6, 6.07) is 0. The number of rotatable bonds is 5. The predicted octanol–water partition coefficient (Wildman–Crippen LogP) is 2.78. The number of carbonyl (C=O) groups is 1. The van der Waals surface area contributed by atoms with Crippen LogP contribution in [0.4, 0.5) is 0 Å². The fourth-order valence-corrected chi connectivity index (χ4v) is 2.66. The van der Waals surface area contributed by atoms with Crippen molar-refractivity contribution in [1.82, 2.24) is 0 Å². The number of hydrogen-bond acceptors (Lipinski definition) is 3. The van der Waals surface area contributed by atoms with Gasteiger partial charge in [0, 0.05) is 0 Å². The second-order valence-electron chi connectivity index (χ2n) is 5.82. The van der Waals surface area contributed by atoms with E-state index in [-0.39, 0.29) is 11.6 Å². The highest BCUT2D eigenvalue weighted by Crippen LogP contribution is 2.55. The van der Waals surface area contributed by atoms with Gasteiger partial charge in [0.05, 0.1) is 7.11 Å². The number of hydrogen-bond donors (Lipinski definition) is 0. The Morgan fingerprint density at radius 1 is 1.19 bits per heavy atom. The molecular weight excluding hydrogens is 204 g/mol. The lowest BCUT2D eigenvalue weighted by atomic mass is 9.81. The molecule has 0 aromatic carbocycles. The molecule has 0 saturated carbocycles. The van der Waals surface area contributed by atoms with Gasteiger partial charge in [-0.2, -0.15) is 0 Å². The molecule has 0 bridgehead atoms. The van der Waals surface area contributed by atoms with Crippen molar-refractivity contribution in [2.24, 2.45) is 11.8 Å². The van der Waals surface area contributed by atoms with Crippen molar-refractivity contribution in [3.05, 3.63) is 0 Å². The lowest BCUT2D eigenvalue weighted by Crippen LogP contribution is -2.34. The van der Waals surface area contributed by atoms with E-state index >= 15 is 0 Å². The van der Waals surface area contributed by atoms with E-state index in [1.807, 2.05) is 6.92 Å². The van der Waals surface area contributed by atoms with Gasteiger partial charge in [-0.3, -0.25) is 0 Å². The molecule has 0 radical (unpaired) electrons. The Hall–Kier alpha value is -0.570. The van der Waals surface area contributed by atoms with Crippen molar-refractivity contribution in [1.29, 1.82) is 0 Å². The molecule has 0 N–H and O–H groups in total. The average molecular weight is 228 g/mol. The summed E-state index contributed by atoms with van der Waals surface area (Å²) in [7, 11) is 1.42. The molecule has 1 heterocycles. The van der Waals surface area contributed by atoms with Crippen LogP contribution in [-0.4, -0.2) is 24.3 Å². The molecule has 1 aliphatic heterocycles. The van der Waals surface area contributed by atoms with Crippen LogP contribution in [0.15, 0.2) is 0 Å². The normalized spacial score (nSPS) is 27.2. The molecule has 1 atom stereocenters. The average Bonchev–Trinajstić information content (AvgIpc) is 2.68. The highest BCUT2D eigenvalue weighted by Gasteiger charge is 2.71. The highest BCUT2D eigenvalue weighted by atomic mass is 16.7. The topological polar surface area (TPSA) is 38.8 Å². The van der Waals surface area contributed by atoms with Crippen LogP contribution >= 0.6 is 0 Å². The van der Waals surface area contributed by atoms with Gasteiger partial charge in [0.25, 0.3) is 0 Å². The second-order valence-corrected chi connectivity index (χ2v) is 5.82. The molecule has 0 amide bonds. The zero-order valence-electron chi connectivity index (χ0n) is 11.3. The Morgan fingerprint density at radius 2 is 1.62 bits per heavy atom. The van der Waals surface area contributed by atoms with Crippen LogP contribution in [0.25, 0.3) is 0 Å². The molecule has 16 heavy (non-hydrogen) atoms. The van der Waals surface area contributed by atoms with Crippen molar-refractivity contribution < 1.29 is 14.3 Å². The van der Waals surface area contributed by atoms with Gasteiger partial charge in [-0.1, -0.05) is 27.7 Å². The van der Waals surface area contributed by atoms with Crippen LogP contribution in [0.2, 0.25) is 0 Å². The van der Waals surface area contributed by atoms with Crippen LogP contribution in [0.5, 0.6) is 0 Å². The Morgan fingerprint density at radius 3 is 1.94 bits per heavy atom. The maximum absolute atomic E-state index is 11.7. The van der Waals surface area contributed by atoms with E-state index < -0.39 is 5.60 Å². The molecule has 0 spiro atoms. The summed E-state index contributed by atoms with van der Waals surface area (Å²) >= 11 is 0. The zero-order valence-corrected chi connectivity index (χ0v) is 11.3. The molecule has 0 aliphatic carbocycles. The lowest BCUT2D eigenvalue weighted by Gasteiger charge is -2.20. The first kappa shape index (κ1) is 13.5. The molecule has 3 nitrogen and oxygen atoms in total. The van der Waals surface area contributed by atoms with Gasteiger partial charge in [0.2, 0.25) is 0 Å². The number of ether oxygens (including phenoxy) is 2. The predicted molar refractivity (Wildman–Crippen MR) is 63.1 cm³/mol. The van der Waals surface area contributed by atoms with Crippen molar-refractivity contribution in [3.8, 4) is 0 Å². The van der Waals surface area contributed by atoms with Crippen molar-refractivity contribution in [2.75, 3.05) is 7.11 Å². The molecule has 1 unspecified atom stereocenters. The second kappa shape index (κ2) is 4.36. The SMILES string of the molecule is COC(=O)C1(C)OC1(CC(C)C)CC(C)C. The third-order valence-corrected chi connectivity index (χ3v) is 3.28. The molecule has 0 aromatic heterocycles. The van der Waals surface area contributed by atoms with Crippen LogP contribution in [-0.2, 0) is 14.3 Å². The van der Waals surface area contributed by atoms with E-state index in [1.54, 1.807) is 0 Å². The summed E-state index contributed by atoms with van der Waals surface area (Å²) in [5.74, 6) is 0.796. The Bertz CT molecular complexity index is 260. The minimum absolute atomic E-state index is 0.242. The molecule has 1 rings (SSSR count). The first-order valence-electron chi connectivity index (χ1n) is 6.06. The molecular formula is C13H24O3. The largest absolute Gasteiger partial charge is 0.467 e. The van der Waals surface area contributed by atoms with E-state index in [9.17, 15) is 4.79 Å². The van der Waals surface area contributed by atoms with Gasteiger partial charge >= 0.3 is 5.97 Å². The molecule has 0 aromatic rings. The summed E-state index contributed by atoms with van der Waals surface area (Å²) < 4.78 is 10.6. The first-order chi connectivity index (χ1) is 7.27. The fourth-order valence-electron chi connectivity index (χ4n) is 2.66. The minimum atomic E-state index is -0.726. The standard InChI is InChI=1S/C13H24O3/c1-9(2)7-13(8-10(3)4)12(5,16-13)11(14)15-6/h9-10H,7-8H2,1-6H3. The van der Waals surface area contributed by atoms with Gasteiger partial charge in [0.1, 0.15) is 5.60 Å². The Kier molecular flexibility index (Phi) is 3.68. The minimum Gasteiger partial charge on any atom is -0.467 e. The summed E-state index contributed by atoms with van der Waals surface area (Å²) in [4.78, 5) is 11.7. The summed E-state index contributed by atoms with van der Waals surface area (Å²) in [5, 5.41) is 0. The number of esters is 1. The quantitative estimate of drug-likeness (QED) is 0.536. The maximum Gasteiger partial charge on any atom is 0.340 e. The van der Waals surface area contributed by atoms with Crippen molar-refractivity contribution in [2.45, 2.75) is 58.7 Å². The summed E-state index contributed by atoms with van der Waals surface area (Å²) in [6.07, 6.45) is 1.83. The van der Waals surface area contributed by atoms with E-state index in [0.717, 1.165) is 12.8 Å². The van der Waals surface area contributed by atoms with E-state index in [0.29, 0.717) is 11.8 Å². The maximum atomic E-state index is 11.7. The van der Waals surface area contributed by atoms with Crippen molar-refractivity contribution >= 4 is 5.97 Å². The van der Waals surface area contributed by atoms with Crippen LogP contribution < -0.4 is 0 Å². The van der Waals surface area contributed by atoms with Crippen LogP contribution in [0.3, 0.4) is 0 Å². The Balaban J connectivity index is 2.81. The van der Waals surface area contributed by atoms with Gasteiger partial charge < -0.3 is 9.47 Å². The van der Waals surface area contributed by atoms with Gasteiger partial charge in [0.15, 0.2) is 5.60 Å². The highest BCUT2D eigenvalue weighted by molar-refractivity contribution is 5.84. The molecule has 1 saturated heterocycles. The molecule has 1 fully saturated rings. The molecule has 1 aliphatic rings. The van der Waals surface area contributed by atoms with Crippen LogP contribution in [0, 0.1) is 11.8 Å². The van der Waals surface area contributed by atoms with Gasteiger partial charge in [-0.25, -0.2) is 4.79 Å². The van der Waals surface area contributed by atoms with Gasteiger partial charge in [-0.15, -0.1) is 0 Å². The fraction of sp³-hybridized carbons (Fsp3) is 0.923. The van der Waals surface area contributed by atoms with E-state index in [4.69, 9.17) is 9.47 Å². The van der Waals surface area contributed by atoms with E-state index in [1.165, 1.54) is 7.11 Å². The third-order valence-electron chi connectivity index (χ3n) is 3.28. The number of carbonyl (C=O) groups excluding carboxylic acids is 1. The first-order valence-corrected chi connectivity index (χ1v) is 6.06. The summed E-state index contributed by atoms with van der Waals surface area (Å²) in [5.41, 5.74) is -1.03. The van der Waals surface area contributed by atoms with Gasteiger partial charge in [-0.05, 0) is 31.6 Å². The Labute approximate surface area is 98.5 Å². The van der Waals surface area contributed by atoms with Crippen molar-refractivity contribution in [3.63, 3.8) is 0 Å². The third kappa shape index (κ3) is 2.24.